The third-order valence-electron chi connectivity index (χ3n) is 0.575. The monoisotopic (exact) mass is 129 g/mol. The van der Waals surface area contributed by atoms with E-state index in [0.29, 0.717) is 6.41 Å². The molecule has 0 rings (SSSR count). The van der Waals surface area contributed by atoms with Crippen LogP contribution < -0.4 is 5.32 Å². The summed E-state index contributed by atoms with van der Waals surface area (Å²) in [6.45, 7) is 0. The molecule has 0 aliphatic carbocycles. The van der Waals surface area contributed by atoms with Crippen LogP contribution in [0.4, 0.5) is 0 Å². The highest BCUT2D eigenvalue weighted by Crippen LogP contribution is 1.78. The molecule has 0 spiro atoms. The molecule has 4 heteroatoms. The first-order chi connectivity index (χ1) is 4.27. The van der Waals surface area contributed by atoms with E-state index in [9.17, 15) is 9.59 Å². The highest BCUT2D eigenvalue weighted by atomic mass is 16.4. The van der Waals surface area contributed by atoms with Gasteiger partial charge in [0.2, 0.25) is 6.41 Å². The highest BCUT2D eigenvalue weighted by Gasteiger charge is 1.86. The molecule has 0 atom stereocenters. The summed E-state index contributed by atoms with van der Waals surface area (Å²) >= 11 is 0. The van der Waals surface area contributed by atoms with Crippen molar-refractivity contribution in [3.8, 4) is 0 Å². The summed E-state index contributed by atoms with van der Waals surface area (Å²) < 4.78 is 0. The second-order valence-corrected chi connectivity index (χ2v) is 1.28. The van der Waals surface area contributed by atoms with Crippen LogP contribution in [0, 0.1) is 0 Å². The number of carbonyl (C=O) groups is 2. The maximum atomic E-state index is 9.80. The van der Waals surface area contributed by atoms with E-state index in [0.717, 1.165) is 0 Å². The maximum Gasteiger partial charge on any atom is 0.307 e. The van der Waals surface area contributed by atoms with Crippen LogP contribution in [0.25, 0.3) is 0 Å². The van der Waals surface area contributed by atoms with Gasteiger partial charge in [0.25, 0.3) is 0 Å². The second-order valence-electron chi connectivity index (χ2n) is 1.28. The van der Waals surface area contributed by atoms with Crippen molar-refractivity contribution in [2.24, 2.45) is 0 Å². The fourth-order valence-electron chi connectivity index (χ4n) is 0.267. The van der Waals surface area contributed by atoms with E-state index in [1.807, 2.05) is 0 Å². The summed E-state index contributed by atoms with van der Waals surface area (Å²) in [4.78, 5) is 19.3. The molecule has 9 heavy (non-hydrogen) atoms. The lowest BCUT2D eigenvalue weighted by Crippen LogP contribution is -1.99. The lowest BCUT2D eigenvalue weighted by molar-refractivity contribution is -0.136. The SMILES string of the molecule is O=CNC=CCC(=O)O. The molecule has 0 radical (unpaired) electrons. The number of rotatable bonds is 4. The smallest absolute Gasteiger partial charge is 0.307 e. The van der Waals surface area contributed by atoms with E-state index in [1.54, 1.807) is 0 Å². The first-order valence-corrected chi connectivity index (χ1v) is 2.34. The van der Waals surface area contributed by atoms with Crippen LogP contribution in [-0.2, 0) is 9.59 Å². The van der Waals surface area contributed by atoms with Crippen LogP contribution in [0.2, 0.25) is 0 Å². The summed E-state index contributed by atoms with van der Waals surface area (Å²) in [5, 5.41) is 10.2. The third kappa shape index (κ3) is 6.68. The molecule has 0 bridgehead atoms. The standard InChI is InChI=1S/C5H7NO3/c7-4-6-3-1-2-5(8)9/h1,3-4H,2H2,(H,6,7)(H,8,9). The lowest BCUT2D eigenvalue weighted by Gasteiger charge is -1.82. The van der Waals surface area contributed by atoms with Gasteiger partial charge < -0.3 is 10.4 Å². The zero-order valence-corrected chi connectivity index (χ0v) is 4.70. The molecular weight excluding hydrogens is 122 g/mol. The Kier molecular flexibility index (Phi) is 4.12. The average Bonchev–Trinajstić information content (AvgIpc) is 1.80. The number of hydrogen-bond donors (Lipinski definition) is 2. The average molecular weight is 129 g/mol. The fraction of sp³-hybridized carbons (Fsp3) is 0.200. The number of hydrogen-bond acceptors (Lipinski definition) is 2. The predicted molar refractivity (Wildman–Crippen MR) is 30.6 cm³/mol. The number of carboxylic acids is 1. The summed E-state index contributed by atoms with van der Waals surface area (Å²) in [6, 6.07) is 0. The van der Waals surface area contributed by atoms with E-state index >= 15 is 0 Å². The van der Waals surface area contributed by atoms with E-state index in [2.05, 4.69) is 5.32 Å². The van der Waals surface area contributed by atoms with Gasteiger partial charge in [0.1, 0.15) is 0 Å². The van der Waals surface area contributed by atoms with Crippen LogP contribution in [-0.4, -0.2) is 17.5 Å². The summed E-state index contributed by atoms with van der Waals surface area (Å²) in [6.07, 6.45) is 3.02. The van der Waals surface area contributed by atoms with Gasteiger partial charge in [-0.25, -0.2) is 0 Å². The van der Waals surface area contributed by atoms with Gasteiger partial charge in [-0.3, -0.25) is 9.59 Å². The Morgan fingerprint density at radius 1 is 1.67 bits per heavy atom. The highest BCUT2D eigenvalue weighted by molar-refractivity contribution is 5.68. The molecule has 50 valence electrons. The van der Waals surface area contributed by atoms with Gasteiger partial charge in [-0.1, -0.05) is 6.08 Å². The van der Waals surface area contributed by atoms with Gasteiger partial charge in [0.15, 0.2) is 0 Å². The number of carboxylic acid groups (broad SMARTS) is 1. The number of aliphatic carboxylic acids is 1. The van der Waals surface area contributed by atoms with Crippen LogP contribution in [0.3, 0.4) is 0 Å². The molecule has 0 saturated heterocycles. The lowest BCUT2D eigenvalue weighted by atomic mass is 10.4. The molecule has 0 unspecified atom stereocenters. The summed E-state index contributed by atoms with van der Waals surface area (Å²) in [5.74, 6) is -0.918. The van der Waals surface area contributed by atoms with Crippen LogP contribution in [0.5, 0.6) is 0 Å². The summed E-state index contributed by atoms with van der Waals surface area (Å²) in [5.41, 5.74) is 0. The third-order valence-corrected chi connectivity index (χ3v) is 0.575. The zero-order valence-electron chi connectivity index (χ0n) is 4.70. The molecule has 2 N–H and O–H groups in total. The summed E-state index contributed by atoms with van der Waals surface area (Å²) in [7, 11) is 0. The van der Waals surface area contributed by atoms with Crippen molar-refractivity contribution in [2.75, 3.05) is 0 Å². The minimum atomic E-state index is -0.918. The first kappa shape index (κ1) is 7.68. The van der Waals surface area contributed by atoms with Gasteiger partial charge >= 0.3 is 5.97 Å². The normalized spacial score (nSPS) is 9.33. The molecule has 0 saturated carbocycles. The maximum absolute atomic E-state index is 9.80. The molecule has 4 nitrogen and oxygen atoms in total. The van der Waals surface area contributed by atoms with Gasteiger partial charge in [0.05, 0.1) is 6.42 Å². The Morgan fingerprint density at radius 2 is 2.33 bits per heavy atom. The van der Waals surface area contributed by atoms with Gasteiger partial charge in [0, 0.05) is 6.20 Å². The van der Waals surface area contributed by atoms with Crippen LogP contribution >= 0.6 is 0 Å². The van der Waals surface area contributed by atoms with Gasteiger partial charge in [-0.2, -0.15) is 0 Å². The molecule has 0 fully saturated rings. The predicted octanol–water partition coefficient (Wildman–Crippen LogP) is -0.279. The molecule has 1 amide bonds. The minimum Gasteiger partial charge on any atom is -0.481 e. The Hall–Kier alpha value is -1.32. The van der Waals surface area contributed by atoms with E-state index < -0.39 is 5.97 Å². The van der Waals surface area contributed by atoms with Crippen LogP contribution in [0.15, 0.2) is 12.3 Å². The van der Waals surface area contributed by atoms with Crippen molar-refractivity contribution in [3.05, 3.63) is 12.3 Å². The Balaban J connectivity index is 3.24. The molecule has 0 aliphatic rings. The number of amides is 1. The molecule has 0 aromatic carbocycles. The molecule has 0 heterocycles. The largest absolute Gasteiger partial charge is 0.481 e. The second kappa shape index (κ2) is 4.83. The minimum absolute atomic E-state index is 0.0686. The number of nitrogens with one attached hydrogen (secondary N) is 1. The first-order valence-electron chi connectivity index (χ1n) is 2.34. The van der Waals surface area contributed by atoms with Crippen LogP contribution in [0.1, 0.15) is 6.42 Å². The van der Waals surface area contributed by atoms with Crippen molar-refractivity contribution in [1.29, 1.82) is 0 Å². The Morgan fingerprint density at radius 3 is 2.78 bits per heavy atom. The van der Waals surface area contributed by atoms with Crippen molar-refractivity contribution < 1.29 is 14.7 Å². The molecular formula is C5H7NO3. The van der Waals surface area contributed by atoms with Crippen molar-refractivity contribution in [1.82, 2.24) is 5.32 Å². The van der Waals surface area contributed by atoms with E-state index in [4.69, 9.17) is 5.11 Å². The zero-order chi connectivity index (χ0) is 7.11. The van der Waals surface area contributed by atoms with E-state index in [1.165, 1.54) is 12.3 Å². The van der Waals surface area contributed by atoms with Crippen molar-refractivity contribution >= 4 is 12.4 Å². The quantitative estimate of drug-likeness (QED) is 0.513. The molecule has 0 aromatic heterocycles. The van der Waals surface area contributed by atoms with Crippen molar-refractivity contribution in [3.63, 3.8) is 0 Å². The molecule has 0 aromatic rings. The Bertz CT molecular complexity index is 130. The Labute approximate surface area is 52.2 Å². The molecule has 0 aliphatic heterocycles. The van der Waals surface area contributed by atoms with Crippen molar-refractivity contribution in [2.45, 2.75) is 6.42 Å². The number of carbonyl (C=O) groups excluding carboxylic acids is 1. The van der Waals surface area contributed by atoms with Gasteiger partial charge in [-0.05, 0) is 0 Å². The van der Waals surface area contributed by atoms with E-state index in [-0.39, 0.29) is 6.42 Å². The fourth-order valence-corrected chi connectivity index (χ4v) is 0.267. The topological polar surface area (TPSA) is 66.4 Å². The van der Waals surface area contributed by atoms with Gasteiger partial charge in [-0.15, -0.1) is 0 Å².